The maximum absolute atomic E-state index is 12.4. The summed E-state index contributed by atoms with van der Waals surface area (Å²) >= 11 is 7.36. The van der Waals surface area contributed by atoms with Crippen LogP contribution in [0.15, 0.2) is 41.7 Å². The topological polar surface area (TPSA) is 81.2 Å². The fourth-order valence-corrected chi connectivity index (χ4v) is 3.65. The molecular weight excluding hydrogens is 344 g/mol. The Morgan fingerprint density at radius 3 is 2.92 bits per heavy atom. The number of aromatic nitrogens is 2. The highest BCUT2D eigenvalue weighted by Gasteiger charge is 2.31. The van der Waals surface area contributed by atoms with Crippen LogP contribution in [0.5, 0.6) is 0 Å². The van der Waals surface area contributed by atoms with E-state index in [-0.39, 0.29) is 12.2 Å². The van der Waals surface area contributed by atoms with Gasteiger partial charge < -0.3 is 5.73 Å². The highest BCUT2D eigenvalue weighted by molar-refractivity contribution is 8.13. The number of hydrogen-bond acceptors (Lipinski definition) is 6. The van der Waals surface area contributed by atoms with Crippen LogP contribution in [0.3, 0.4) is 0 Å². The number of ketones is 1. The lowest BCUT2D eigenvalue weighted by Crippen LogP contribution is -2.29. The average Bonchev–Trinajstić information content (AvgIpc) is 2.55. The summed E-state index contributed by atoms with van der Waals surface area (Å²) < 4.78 is 0. The molecule has 124 valence electrons. The number of Topliss-reactive ketones (excluding diaryl/α,β-unsaturated/α-hetero) is 1. The number of nitrogens with two attached hydrogens (primary N) is 1. The minimum atomic E-state index is -0.438. The van der Waals surface area contributed by atoms with E-state index in [1.165, 1.54) is 6.20 Å². The third kappa shape index (κ3) is 3.76. The molecule has 0 bridgehead atoms. The Kier molecular flexibility index (Phi) is 4.87. The van der Waals surface area contributed by atoms with Crippen molar-refractivity contribution in [2.24, 2.45) is 10.7 Å². The fraction of sp³-hybridized carbons (Fsp3) is 0.294. The number of carbonyl (C=O) groups is 1. The second-order valence-electron chi connectivity index (χ2n) is 5.83. The molecule has 2 aromatic heterocycles. The van der Waals surface area contributed by atoms with E-state index in [0.29, 0.717) is 15.9 Å². The van der Waals surface area contributed by atoms with Crippen molar-refractivity contribution in [1.29, 1.82) is 0 Å². The highest BCUT2D eigenvalue weighted by atomic mass is 35.5. The molecule has 24 heavy (non-hydrogen) atoms. The fourth-order valence-electron chi connectivity index (χ4n) is 2.57. The number of halogens is 1. The van der Waals surface area contributed by atoms with Crippen molar-refractivity contribution in [3.63, 3.8) is 0 Å². The van der Waals surface area contributed by atoms with Gasteiger partial charge in [0.2, 0.25) is 0 Å². The first-order chi connectivity index (χ1) is 11.5. The molecule has 0 radical (unpaired) electrons. The van der Waals surface area contributed by atoms with Crippen LogP contribution in [0.1, 0.15) is 35.1 Å². The molecule has 5 nitrogen and oxygen atoms in total. The Bertz CT molecular complexity index is 793. The summed E-state index contributed by atoms with van der Waals surface area (Å²) in [6.07, 6.45) is 4.31. The Labute approximate surface area is 149 Å². The summed E-state index contributed by atoms with van der Waals surface area (Å²) in [5, 5.41) is 1.09. The van der Waals surface area contributed by atoms with Crippen LogP contribution in [0.4, 0.5) is 0 Å². The predicted molar refractivity (Wildman–Crippen MR) is 97.6 cm³/mol. The van der Waals surface area contributed by atoms with Gasteiger partial charge in [-0.2, -0.15) is 0 Å². The average molecular weight is 361 g/mol. The van der Waals surface area contributed by atoms with E-state index in [1.54, 1.807) is 30.1 Å². The first-order valence-corrected chi connectivity index (χ1v) is 8.91. The minimum absolute atomic E-state index is 0.0591. The van der Waals surface area contributed by atoms with Crippen molar-refractivity contribution in [2.75, 3.05) is 5.75 Å². The van der Waals surface area contributed by atoms with Gasteiger partial charge in [-0.1, -0.05) is 23.4 Å². The van der Waals surface area contributed by atoms with Gasteiger partial charge in [0.25, 0.3) is 0 Å². The second kappa shape index (κ2) is 6.91. The molecule has 0 saturated heterocycles. The molecule has 3 rings (SSSR count). The Morgan fingerprint density at radius 2 is 2.21 bits per heavy atom. The van der Waals surface area contributed by atoms with Crippen LogP contribution >= 0.6 is 23.4 Å². The molecule has 1 aliphatic rings. The van der Waals surface area contributed by atoms with Crippen LogP contribution in [0.2, 0.25) is 5.02 Å². The molecule has 0 unspecified atom stereocenters. The van der Waals surface area contributed by atoms with Crippen molar-refractivity contribution >= 4 is 34.3 Å². The van der Waals surface area contributed by atoms with E-state index >= 15 is 0 Å². The summed E-state index contributed by atoms with van der Waals surface area (Å²) in [7, 11) is 0. The molecule has 0 aliphatic carbocycles. The van der Waals surface area contributed by atoms with Crippen LogP contribution in [-0.4, -0.2) is 26.7 Å². The van der Waals surface area contributed by atoms with E-state index in [4.69, 9.17) is 17.3 Å². The molecule has 7 heteroatoms. The highest BCUT2D eigenvalue weighted by Crippen LogP contribution is 2.34. The van der Waals surface area contributed by atoms with Gasteiger partial charge in [0, 0.05) is 24.6 Å². The molecule has 2 N–H and O–H groups in total. The normalized spacial score (nSPS) is 20.5. The van der Waals surface area contributed by atoms with E-state index in [9.17, 15) is 4.79 Å². The molecule has 1 aliphatic heterocycles. The van der Waals surface area contributed by atoms with E-state index in [2.05, 4.69) is 15.0 Å². The third-order valence-electron chi connectivity index (χ3n) is 3.95. The first kappa shape index (κ1) is 16.9. The Hall–Kier alpha value is -1.92. The second-order valence-corrected chi connectivity index (χ2v) is 7.38. The summed E-state index contributed by atoms with van der Waals surface area (Å²) in [4.78, 5) is 25.4. The number of thioether (sulfide) groups is 1. The van der Waals surface area contributed by atoms with Crippen LogP contribution in [0.25, 0.3) is 0 Å². The summed E-state index contributed by atoms with van der Waals surface area (Å²) in [5.74, 6) is 0.849. The van der Waals surface area contributed by atoms with Gasteiger partial charge >= 0.3 is 0 Å². The number of carbonyl (C=O) groups excluding carboxylic acids is 1. The molecule has 0 saturated carbocycles. The molecule has 0 fully saturated rings. The lowest BCUT2D eigenvalue weighted by molar-refractivity contribution is 0.0988. The zero-order valence-electron chi connectivity index (χ0n) is 13.2. The van der Waals surface area contributed by atoms with Crippen molar-refractivity contribution < 1.29 is 4.79 Å². The van der Waals surface area contributed by atoms with Crippen molar-refractivity contribution in [3.8, 4) is 0 Å². The van der Waals surface area contributed by atoms with Gasteiger partial charge in [-0.3, -0.25) is 14.8 Å². The first-order valence-electron chi connectivity index (χ1n) is 7.54. The van der Waals surface area contributed by atoms with Crippen molar-refractivity contribution in [2.45, 2.75) is 25.3 Å². The number of amidine groups is 1. The smallest absolute Gasteiger partial charge is 0.185 e. The number of hydrogen-bond donors (Lipinski definition) is 1. The Balaban J connectivity index is 1.82. The minimum Gasteiger partial charge on any atom is -0.379 e. The number of pyridine rings is 2. The van der Waals surface area contributed by atoms with Gasteiger partial charge in [-0.15, -0.1) is 0 Å². The van der Waals surface area contributed by atoms with E-state index < -0.39 is 5.54 Å². The maximum Gasteiger partial charge on any atom is 0.185 e. The SMILES string of the molecule is C[C@@]1(c2cc(CC(=O)c3ccc(Cl)cn3)ccn2)CCSC(N)=N1. The van der Waals surface area contributed by atoms with E-state index in [0.717, 1.165) is 23.4 Å². The molecular formula is C17H17ClN4OS. The Morgan fingerprint density at radius 1 is 1.38 bits per heavy atom. The number of nitrogens with zero attached hydrogens (tertiary/aromatic N) is 3. The van der Waals surface area contributed by atoms with Gasteiger partial charge in [-0.25, -0.2) is 4.99 Å². The predicted octanol–water partition coefficient (Wildman–Crippen LogP) is 3.22. The van der Waals surface area contributed by atoms with Gasteiger partial charge in [-0.05, 0) is 43.2 Å². The van der Waals surface area contributed by atoms with Gasteiger partial charge in [0.15, 0.2) is 11.0 Å². The third-order valence-corrected chi connectivity index (χ3v) is 4.97. The zero-order valence-corrected chi connectivity index (χ0v) is 14.8. The summed E-state index contributed by atoms with van der Waals surface area (Å²) in [6.45, 7) is 2.02. The standard InChI is InChI=1S/C17H17ClN4OS/c1-17(5-7-24-16(19)22-17)15-9-11(4-6-20-15)8-14(23)13-3-2-12(18)10-21-13/h2-4,6,9-10H,5,7-8H2,1H3,(H2,19,22)/t17-/m0/s1. The lowest BCUT2D eigenvalue weighted by atomic mass is 9.92. The summed E-state index contributed by atoms with van der Waals surface area (Å²) in [5.41, 5.74) is 7.55. The van der Waals surface area contributed by atoms with E-state index in [1.807, 2.05) is 19.1 Å². The van der Waals surface area contributed by atoms with Crippen molar-refractivity contribution in [1.82, 2.24) is 9.97 Å². The molecule has 3 heterocycles. The van der Waals surface area contributed by atoms with Crippen LogP contribution in [0, 0.1) is 0 Å². The number of aliphatic imine (C=N–C) groups is 1. The van der Waals surface area contributed by atoms with Gasteiger partial charge in [0.05, 0.1) is 10.7 Å². The van der Waals surface area contributed by atoms with Gasteiger partial charge in [0.1, 0.15) is 11.2 Å². The van der Waals surface area contributed by atoms with Crippen LogP contribution in [-0.2, 0) is 12.0 Å². The molecule has 0 spiro atoms. The molecule has 0 aromatic carbocycles. The molecule has 2 aromatic rings. The molecule has 1 atom stereocenters. The largest absolute Gasteiger partial charge is 0.379 e. The number of rotatable bonds is 4. The monoisotopic (exact) mass is 360 g/mol. The zero-order chi connectivity index (χ0) is 17.2. The van der Waals surface area contributed by atoms with Crippen LogP contribution < -0.4 is 5.73 Å². The lowest BCUT2D eigenvalue weighted by Gasteiger charge is -2.28. The summed E-state index contributed by atoms with van der Waals surface area (Å²) in [6, 6.07) is 7.07. The maximum atomic E-state index is 12.4. The quantitative estimate of drug-likeness (QED) is 0.846. The molecule has 0 amide bonds. The van der Waals surface area contributed by atoms with Crippen molar-refractivity contribution in [3.05, 3.63) is 58.6 Å².